The highest BCUT2D eigenvalue weighted by atomic mass is 16.5. The lowest BCUT2D eigenvalue weighted by molar-refractivity contribution is -0.206. The number of urea groups is 1. The number of cyclic esters (lactones) is 1. The number of aliphatic hydroxyl groups is 1. The van der Waals surface area contributed by atoms with Crippen LogP contribution in [0.15, 0.2) is 11.6 Å². The number of carbonyl (C=O) groups excluding carboxylic acids is 3. The van der Waals surface area contributed by atoms with Gasteiger partial charge < -0.3 is 29.7 Å². The molecule has 2 aliphatic heterocycles. The summed E-state index contributed by atoms with van der Waals surface area (Å²) in [5, 5.41) is 16.0. The second kappa shape index (κ2) is 10.0. The van der Waals surface area contributed by atoms with Crippen LogP contribution >= 0.6 is 0 Å². The summed E-state index contributed by atoms with van der Waals surface area (Å²) in [5.41, 5.74) is -0.515. The van der Waals surface area contributed by atoms with Gasteiger partial charge in [-0.15, -0.1) is 0 Å². The quantitative estimate of drug-likeness (QED) is 0.514. The van der Waals surface area contributed by atoms with Crippen LogP contribution in [0.1, 0.15) is 72.1 Å². The van der Waals surface area contributed by atoms with E-state index >= 15 is 0 Å². The number of carbonyl (C=O) groups is 3. The molecule has 0 aromatic heterocycles. The Kier molecular flexibility index (Phi) is 7.00. The number of piperazine rings is 1. The van der Waals surface area contributed by atoms with Crippen LogP contribution in [0.25, 0.3) is 0 Å². The molecule has 0 radical (unpaired) electrons. The van der Waals surface area contributed by atoms with Gasteiger partial charge >= 0.3 is 18.0 Å². The molecule has 9 atom stereocenters. The van der Waals surface area contributed by atoms with Crippen molar-refractivity contribution in [1.29, 1.82) is 0 Å². The van der Waals surface area contributed by atoms with Gasteiger partial charge in [-0.2, -0.15) is 0 Å². The second-order valence-corrected chi connectivity index (χ2v) is 14.1. The van der Waals surface area contributed by atoms with E-state index in [1.165, 1.54) is 6.92 Å². The first-order chi connectivity index (χ1) is 19.0. The predicted octanol–water partition coefficient (Wildman–Crippen LogP) is 3.11. The van der Waals surface area contributed by atoms with E-state index in [-0.39, 0.29) is 47.9 Å². The van der Waals surface area contributed by atoms with E-state index in [1.807, 2.05) is 16.8 Å². The third-order valence-corrected chi connectivity index (χ3v) is 12.5. The van der Waals surface area contributed by atoms with Gasteiger partial charge in [0.2, 0.25) is 0 Å². The highest BCUT2D eigenvalue weighted by Gasteiger charge is 2.71. The minimum Gasteiger partial charge on any atom is -0.462 e. The molecule has 6 aliphatic rings. The van der Waals surface area contributed by atoms with Crippen LogP contribution in [0, 0.1) is 34.5 Å². The molecule has 9 nitrogen and oxygen atoms in total. The Balaban J connectivity index is 1.22. The Bertz CT molecular complexity index is 1090. The fourth-order valence-corrected chi connectivity index (χ4v) is 10.3. The summed E-state index contributed by atoms with van der Waals surface area (Å²) in [7, 11) is 1.98. The van der Waals surface area contributed by atoms with Gasteiger partial charge in [0, 0.05) is 70.0 Å². The van der Waals surface area contributed by atoms with E-state index in [0.29, 0.717) is 18.3 Å². The van der Waals surface area contributed by atoms with Gasteiger partial charge in [0.15, 0.2) is 0 Å². The van der Waals surface area contributed by atoms with Crippen molar-refractivity contribution in [2.45, 2.75) is 89.9 Å². The lowest BCUT2D eigenvalue weighted by Gasteiger charge is -2.64. The summed E-state index contributed by atoms with van der Waals surface area (Å²) in [6.45, 7) is 9.48. The van der Waals surface area contributed by atoms with Gasteiger partial charge in [0.25, 0.3) is 0 Å². The second-order valence-electron chi connectivity index (χ2n) is 14.1. The summed E-state index contributed by atoms with van der Waals surface area (Å²) in [5.74, 6) is 0.0900. The number of rotatable bonds is 3. The van der Waals surface area contributed by atoms with Gasteiger partial charge in [-0.25, -0.2) is 9.59 Å². The monoisotopic (exact) mass is 557 g/mol. The Morgan fingerprint density at radius 3 is 2.55 bits per heavy atom. The number of amides is 2. The summed E-state index contributed by atoms with van der Waals surface area (Å²) >= 11 is 0. The Morgan fingerprint density at radius 1 is 1.12 bits per heavy atom. The van der Waals surface area contributed by atoms with Crippen molar-refractivity contribution in [2.24, 2.45) is 34.5 Å². The first-order valence-electron chi connectivity index (χ1n) is 15.5. The van der Waals surface area contributed by atoms with Crippen molar-refractivity contribution in [1.82, 2.24) is 15.1 Å². The third-order valence-electron chi connectivity index (χ3n) is 12.5. The maximum absolute atomic E-state index is 13.3. The van der Waals surface area contributed by atoms with Crippen molar-refractivity contribution in [3.63, 3.8) is 0 Å². The molecule has 5 fully saturated rings. The van der Waals surface area contributed by atoms with E-state index < -0.39 is 17.1 Å². The summed E-state index contributed by atoms with van der Waals surface area (Å²) in [6.07, 6.45) is 8.39. The topological polar surface area (TPSA) is 108 Å². The molecule has 4 aliphatic carbocycles. The van der Waals surface area contributed by atoms with Crippen molar-refractivity contribution < 1.29 is 29.0 Å². The molecular formula is C31H47N3O6. The zero-order chi connectivity index (χ0) is 28.4. The lowest BCUT2D eigenvalue weighted by atomic mass is 9.43. The summed E-state index contributed by atoms with van der Waals surface area (Å²) < 4.78 is 11.1. The molecule has 2 N–H and O–H groups in total. The van der Waals surface area contributed by atoms with E-state index in [4.69, 9.17) is 9.47 Å². The normalized spacial score (nSPS) is 44.6. The average Bonchev–Trinajstić information content (AvgIpc) is 3.44. The average molecular weight is 558 g/mol. The van der Waals surface area contributed by atoms with Gasteiger partial charge in [0.1, 0.15) is 12.7 Å². The standard InChI is InChI=1S/C31H47N3O6/c1-19(35)40-25-17-31(38)24-6-5-21-16-22(33(4)28(37)34-13-11-32-12-14-34)7-9-29(21,2)23(24)8-10-30(31,3)27(25)20-15-26(36)39-18-20/h15,21-25,27,32,38H,5-14,16-18H2,1-4H3/t21-,22+,23+,24-,25+,27+,29+,30-,31+/m1/s1. The van der Waals surface area contributed by atoms with Crippen molar-refractivity contribution in [3.05, 3.63) is 11.6 Å². The van der Waals surface area contributed by atoms with Crippen LogP contribution in [0.3, 0.4) is 0 Å². The molecule has 0 unspecified atom stereocenters. The molecule has 9 heteroatoms. The van der Waals surface area contributed by atoms with Crippen molar-refractivity contribution >= 4 is 18.0 Å². The SMILES string of the molecule is CC(=O)O[C@H]1C[C@]2(O)[C@@H]3CC[C@@H]4C[C@@H](N(C)C(=O)N5CCNCC5)CC[C@]4(C)[C@H]3CC[C@]2(C)[C@H]1C1=CC(=O)OC1. The van der Waals surface area contributed by atoms with Gasteiger partial charge in [-0.1, -0.05) is 13.8 Å². The number of nitrogens with one attached hydrogen (secondary N) is 1. The number of hydrogen-bond donors (Lipinski definition) is 2. The molecule has 4 saturated carbocycles. The van der Waals surface area contributed by atoms with Crippen LogP contribution in [0.4, 0.5) is 4.79 Å². The first-order valence-corrected chi connectivity index (χ1v) is 15.5. The zero-order valence-electron chi connectivity index (χ0n) is 24.6. The van der Waals surface area contributed by atoms with Crippen LogP contribution in [-0.4, -0.2) is 90.5 Å². The van der Waals surface area contributed by atoms with Gasteiger partial charge in [0.05, 0.1) is 5.60 Å². The lowest BCUT2D eigenvalue weighted by Crippen LogP contribution is -2.63. The maximum Gasteiger partial charge on any atom is 0.331 e. The number of esters is 2. The molecule has 1 saturated heterocycles. The highest BCUT2D eigenvalue weighted by Crippen LogP contribution is 2.70. The van der Waals surface area contributed by atoms with Crippen LogP contribution in [0.2, 0.25) is 0 Å². The predicted molar refractivity (Wildman–Crippen MR) is 148 cm³/mol. The first kappa shape index (κ1) is 28.0. The molecule has 40 heavy (non-hydrogen) atoms. The number of hydrogen-bond acceptors (Lipinski definition) is 7. The van der Waals surface area contributed by atoms with Gasteiger partial charge in [-0.3, -0.25) is 4.79 Å². The van der Waals surface area contributed by atoms with E-state index in [9.17, 15) is 19.5 Å². The van der Waals surface area contributed by atoms with E-state index in [2.05, 4.69) is 19.2 Å². The highest BCUT2D eigenvalue weighted by molar-refractivity contribution is 5.85. The zero-order valence-corrected chi connectivity index (χ0v) is 24.6. The van der Waals surface area contributed by atoms with Crippen molar-refractivity contribution in [3.8, 4) is 0 Å². The van der Waals surface area contributed by atoms with Gasteiger partial charge in [-0.05, 0) is 73.7 Å². The van der Waals surface area contributed by atoms with E-state index in [0.717, 1.165) is 76.7 Å². The maximum atomic E-state index is 13.3. The minimum absolute atomic E-state index is 0.107. The molecule has 2 amide bonds. The van der Waals surface area contributed by atoms with Crippen LogP contribution in [-0.2, 0) is 19.1 Å². The Morgan fingerprint density at radius 2 is 1.88 bits per heavy atom. The third kappa shape index (κ3) is 4.20. The number of fused-ring (bicyclic) bond motifs is 5. The van der Waals surface area contributed by atoms with Crippen LogP contribution < -0.4 is 5.32 Å². The molecule has 2 heterocycles. The number of nitrogens with zero attached hydrogens (tertiary/aromatic N) is 2. The Hall–Kier alpha value is -2.13. The molecular weight excluding hydrogens is 510 g/mol. The van der Waals surface area contributed by atoms with Crippen molar-refractivity contribution in [2.75, 3.05) is 39.8 Å². The molecule has 0 aromatic carbocycles. The summed E-state index contributed by atoms with van der Waals surface area (Å²) in [4.78, 5) is 41.4. The molecule has 6 rings (SSSR count). The fraction of sp³-hybridized carbons (Fsp3) is 0.839. The van der Waals surface area contributed by atoms with E-state index in [1.54, 1.807) is 6.08 Å². The molecule has 0 aromatic rings. The Labute approximate surface area is 238 Å². The summed E-state index contributed by atoms with van der Waals surface area (Å²) in [6, 6.07) is 0.411. The molecule has 0 spiro atoms. The molecule has 0 bridgehead atoms. The minimum atomic E-state index is -0.979. The largest absolute Gasteiger partial charge is 0.462 e. The molecule has 222 valence electrons. The fourth-order valence-electron chi connectivity index (χ4n) is 10.3. The number of ether oxygens (including phenoxy) is 2. The van der Waals surface area contributed by atoms with Crippen LogP contribution in [0.5, 0.6) is 0 Å². The smallest absolute Gasteiger partial charge is 0.331 e.